The zero-order valence-electron chi connectivity index (χ0n) is 10.6. The summed E-state index contributed by atoms with van der Waals surface area (Å²) in [5.74, 6) is 1.37. The molecule has 0 saturated carbocycles. The van der Waals surface area contributed by atoms with Crippen LogP contribution in [0.2, 0.25) is 0 Å². The van der Waals surface area contributed by atoms with Crippen LogP contribution in [0.5, 0.6) is 5.75 Å². The summed E-state index contributed by atoms with van der Waals surface area (Å²) < 4.78 is 7.10. The SMILES string of the molecule is COc1ccc(Cn2ccc(C(C)C)n2)cc1. The van der Waals surface area contributed by atoms with Gasteiger partial charge in [-0.1, -0.05) is 26.0 Å². The highest BCUT2D eigenvalue weighted by atomic mass is 16.5. The van der Waals surface area contributed by atoms with Crippen LogP contribution in [0.4, 0.5) is 0 Å². The van der Waals surface area contributed by atoms with Gasteiger partial charge in [0.15, 0.2) is 0 Å². The first-order chi connectivity index (χ1) is 8.19. The fraction of sp³-hybridized carbons (Fsp3) is 0.357. The predicted molar refractivity (Wildman–Crippen MR) is 68.4 cm³/mol. The molecule has 0 bridgehead atoms. The Morgan fingerprint density at radius 3 is 2.41 bits per heavy atom. The summed E-state index contributed by atoms with van der Waals surface area (Å²) in [5.41, 5.74) is 2.36. The van der Waals surface area contributed by atoms with Gasteiger partial charge < -0.3 is 4.74 Å². The molecule has 90 valence electrons. The van der Waals surface area contributed by atoms with E-state index < -0.39 is 0 Å². The number of hydrogen-bond acceptors (Lipinski definition) is 2. The minimum Gasteiger partial charge on any atom is -0.497 e. The maximum absolute atomic E-state index is 5.13. The Bertz CT molecular complexity index is 471. The summed E-state index contributed by atoms with van der Waals surface area (Å²) in [7, 11) is 1.68. The van der Waals surface area contributed by atoms with Gasteiger partial charge in [-0.3, -0.25) is 4.68 Å². The van der Waals surface area contributed by atoms with Crippen LogP contribution in [0.3, 0.4) is 0 Å². The molecule has 0 N–H and O–H groups in total. The molecule has 0 fully saturated rings. The zero-order valence-corrected chi connectivity index (χ0v) is 10.6. The van der Waals surface area contributed by atoms with Crippen molar-refractivity contribution in [3.05, 3.63) is 47.8 Å². The van der Waals surface area contributed by atoms with Crippen LogP contribution in [-0.4, -0.2) is 16.9 Å². The second-order valence-electron chi connectivity index (χ2n) is 4.44. The van der Waals surface area contributed by atoms with Gasteiger partial charge in [0.2, 0.25) is 0 Å². The Labute approximate surface area is 102 Å². The highest BCUT2D eigenvalue weighted by molar-refractivity contribution is 5.27. The third-order valence-electron chi connectivity index (χ3n) is 2.76. The summed E-state index contributed by atoms with van der Waals surface area (Å²) in [6.07, 6.45) is 2.03. The molecule has 0 atom stereocenters. The van der Waals surface area contributed by atoms with E-state index in [0.717, 1.165) is 18.0 Å². The molecular formula is C14H18N2O. The Morgan fingerprint density at radius 1 is 1.18 bits per heavy atom. The Hall–Kier alpha value is -1.77. The fourth-order valence-electron chi connectivity index (χ4n) is 1.69. The zero-order chi connectivity index (χ0) is 12.3. The standard InChI is InChI=1S/C14H18N2O/c1-11(2)14-8-9-16(15-14)10-12-4-6-13(17-3)7-5-12/h4-9,11H,10H2,1-3H3. The van der Waals surface area contributed by atoms with Gasteiger partial charge in [-0.05, 0) is 29.7 Å². The van der Waals surface area contributed by atoms with Gasteiger partial charge in [0.25, 0.3) is 0 Å². The van der Waals surface area contributed by atoms with Crippen LogP contribution >= 0.6 is 0 Å². The quantitative estimate of drug-likeness (QED) is 0.807. The number of ether oxygens (including phenoxy) is 1. The van der Waals surface area contributed by atoms with Gasteiger partial charge in [-0.25, -0.2) is 0 Å². The number of hydrogen-bond donors (Lipinski definition) is 0. The maximum Gasteiger partial charge on any atom is 0.118 e. The predicted octanol–water partition coefficient (Wildman–Crippen LogP) is 3.06. The molecule has 2 aromatic rings. The van der Waals surface area contributed by atoms with E-state index in [1.807, 2.05) is 23.0 Å². The third kappa shape index (κ3) is 2.87. The second-order valence-corrected chi connectivity index (χ2v) is 4.44. The summed E-state index contributed by atoms with van der Waals surface area (Å²) >= 11 is 0. The van der Waals surface area contributed by atoms with E-state index in [1.54, 1.807) is 7.11 Å². The largest absolute Gasteiger partial charge is 0.497 e. The van der Waals surface area contributed by atoms with E-state index in [9.17, 15) is 0 Å². The van der Waals surface area contributed by atoms with Gasteiger partial charge >= 0.3 is 0 Å². The monoisotopic (exact) mass is 230 g/mol. The number of benzene rings is 1. The minimum atomic E-state index is 0.479. The third-order valence-corrected chi connectivity index (χ3v) is 2.76. The topological polar surface area (TPSA) is 27.1 Å². The van der Waals surface area contributed by atoms with Crippen molar-refractivity contribution in [2.75, 3.05) is 7.11 Å². The summed E-state index contributed by atoms with van der Waals surface area (Å²) in [4.78, 5) is 0. The van der Waals surface area contributed by atoms with Crippen molar-refractivity contribution in [2.24, 2.45) is 0 Å². The van der Waals surface area contributed by atoms with Gasteiger partial charge in [0.1, 0.15) is 5.75 Å². The average Bonchev–Trinajstić information content (AvgIpc) is 2.79. The maximum atomic E-state index is 5.13. The van der Waals surface area contributed by atoms with Crippen molar-refractivity contribution in [3.8, 4) is 5.75 Å². The minimum absolute atomic E-state index is 0.479. The lowest BCUT2D eigenvalue weighted by Crippen LogP contribution is -2.01. The average molecular weight is 230 g/mol. The molecule has 0 aliphatic rings. The fourth-order valence-corrected chi connectivity index (χ4v) is 1.69. The molecular weight excluding hydrogens is 212 g/mol. The van der Waals surface area contributed by atoms with E-state index in [1.165, 1.54) is 5.56 Å². The van der Waals surface area contributed by atoms with Crippen molar-refractivity contribution in [2.45, 2.75) is 26.3 Å². The molecule has 1 heterocycles. The van der Waals surface area contributed by atoms with Crippen LogP contribution < -0.4 is 4.74 Å². The number of nitrogens with zero attached hydrogens (tertiary/aromatic N) is 2. The lowest BCUT2D eigenvalue weighted by Gasteiger charge is -2.04. The van der Waals surface area contributed by atoms with E-state index in [0.29, 0.717) is 5.92 Å². The van der Waals surface area contributed by atoms with E-state index >= 15 is 0 Å². The van der Waals surface area contributed by atoms with Crippen LogP contribution in [0.1, 0.15) is 31.0 Å². The van der Waals surface area contributed by atoms with Crippen molar-refractivity contribution in [1.82, 2.24) is 9.78 Å². The number of rotatable bonds is 4. The highest BCUT2D eigenvalue weighted by Crippen LogP contribution is 2.14. The van der Waals surface area contributed by atoms with Crippen LogP contribution in [-0.2, 0) is 6.54 Å². The van der Waals surface area contributed by atoms with Gasteiger partial charge in [0, 0.05) is 6.20 Å². The van der Waals surface area contributed by atoms with Crippen LogP contribution in [0, 0.1) is 0 Å². The second kappa shape index (κ2) is 5.04. The lowest BCUT2D eigenvalue weighted by molar-refractivity contribution is 0.414. The molecule has 0 spiro atoms. The van der Waals surface area contributed by atoms with E-state index in [2.05, 4.69) is 37.1 Å². The van der Waals surface area contributed by atoms with Crippen LogP contribution in [0.25, 0.3) is 0 Å². The Morgan fingerprint density at radius 2 is 1.88 bits per heavy atom. The molecule has 0 unspecified atom stereocenters. The Kier molecular flexibility index (Phi) is 3.47. The van der Waals surface area contributed by atoms with E-state index in [-0.39, 0.29) is 0 Å². The molecule has 2 rings (SSSR count). The number of methoxy groups -OCH3 is 1. The molecule has 0 saturated heterocycles. The first-order valence-electron chi connectivity index (χ1n) is 5.85. The first kappa shape index (κ1) is 11.7. The number of aromatic nitrogens is 2. The highest BCUT2D eigenvalue weighted by Gasteiger charge is 2.03. The molecule has 0 aliphatic carbocycles. The molecule has 17 heavy (non-hydrogen) atoms. The van der Waals surface area contributed by atoms with Crippen molar-refractivity contribution in [1.29, 1.82) is 0 Å². The molecule has 1 aromatic carbocycles. The Balaban J connectivity index is 2.08. The lowest BCUT2D eigenvalue weighted by atomic mass is 10.1. The molecule has 1 aromatic heterocycles. The molecule has 3 heteroatoms. The van der Waals surface area contributed by atoms with Gasteiger partial charge in [-0.2, -0.15) is 5.10 Å². The van der Waals surface area contributed by atoms with Gasteiger partial charge in [-0.15, -0.1) is 0 Å². The van der Waals surface area contributed by atoms with Crippen LogP contribution in [0.15, 0.2) is 36.5 Å². The smallest absolute Gasteiger partial charge is 0.118 e. The van der Waals surface area contributed by atoms with Crippen molar-refractivity contribution in [3.63, 3.8) is 0 Å². The normalized spacial score (nSPS) is 10.8. The van der Waals surface area contributed by atoms with E-state index in [4.69, 9.17) is 4.74 Å². The van der Waals surface area contributed by atoms with Crippen molar-refractivity contribution < 1.29 is 4.74 Å². The molecule has 0 amide bonds. The summed E-state index contributed by atoms with van der Waals surface area (Å²) in [6.45, 7) is 5.11. The molecule has 0 radical (unpaired) electrons. The summed E-state index contributed by atoms with van der Waals surface area (Å²) in [5, 5.41) is 4.53. The first-order valence-corrected chi connectivity index (χ1v) is 5.85. The molecule has 0 aliphatic heterocycles. The van der Waals surface area contributed by atoms with Gasteiger partial charge in [0.05, 0.1) is 19.3 Å². The summed E-state index contributed by atoms with van der Waals surface area (Å²) in [6, 6.07) is 10.2. The molecule has 3 nitrogen and oxygen atoms in total. The van der Waals surface area contributed by atoms with Crippen molar-refractivity contribution >= 4 is 0 Å².